The van der Waals surface area contributed by atoms with E-state index < -0.39 is 5.60 Å². The second-order valence-corrected chi connectivity index (χ2v) is 4.67. The van der Waals surface area contributed by atoms with Crippen molar-refractivity contribution in [1.29, 1.82) is 0 Å². The highest BCUT2D eigenvalue weighted by molar-refractivity contribution is 5.42. The Labute approximate surface area is 106 Å². The summed E-state index contributed by atoms with van der Waals surface area (Å²) in [6.07, 6.45) is 2.22. The van der Waals surface area contributed by atoms with Crippen LogP contribution in [0.2, 0.25) is 0 Å². The van der Waals surface area contributed by atoms with Crippen molar-refractivity contribution in [2.75, 3.05) is 6.61 Å². The molecule has 3 heteroatoms. The van der Waals surface area contributed by atoms with E-state index in [-0.39, 0.29) is 0 Å². The molecule has 3 nitrogen and oxygen atoms in total. The van der Waals surface area contributed by atoms with Crippen molar-refractivity contribution in [2.24, 2.45) is 0 Å². The fourth-order valence-corrected chi connectivity index (χ4v) is 2.36. The smallest absolute Gasteiger partial charge is 0.144 e. The summed E-state index contributed by atoms with van der Waals surface area (Å²) in [6, 6.07) is 11.6. The summed E-state index contributed by atoms with van der Waals surface area (Å²) in [5.41, 5.74) is 1.62. The molecule has 1 aromatic carbocycles. The average Bonchev–Trinajstić information content (AvgIpc) is 2.40. The molecule has 1 atom stereocenters. The van der Waals surface area contributed by atoms with Crippen LogP contribution < -0.4 is 4.74 Å². The molecule has 1 aliphatic heterocycles. The van der Waals surface area contributed by atoms with Crippen LogP contribution in [0.5, 0.6) is 5.75 Å². The molecular weight excluding hydrogens is 226 g/mol. The molecular formula is C15H15NO2. The summed E-state index contributed by atoms with van der Waals surface area (Å²) in [5, 5.41) is 10.9. The summed E-state index contributed by atoms with van der Waals surface area (Å²) in [5.74, 6) is 0.673. The van der Waals surface area contributed by atoms with Gasteiger partial charge in [-0.25, -0.2) is 0 Å². The lowest BCUT2D eigenvalue weighted by Crippen LogP contribution is -2.34. The highest BCUT2D eigenvalue weighted by Crippen LogP contribution is 2.39. The second-order valence-electron chi connectivity index (χ2n) is 4.67. The van der Waals surface area contributed by atoms with Gasteiger partial charge in [0, 0.05) is 12.6 Å². The summed E-state index contributed by atoms with van der Waals surface area (Å²) < 4.78 is 5.54. The molecule has 3 rings (SSSR count). The lowest BCUT2D eigenvalue weighted by Gasteiger charge is -2.33. The molecule has 0 amide bonds. The minimum Gasteiger partial charge on any atom is -0.491 e. The van der Waals surface area contributed by atoms with Gasteiger partial charge >= 0.3 is 0 Å². The number of aromatic nitrogens is 1. The molecule has 1 aliphatic rings. The molecule has 1 unspecified atom stereocenters. The molecule has 0 spiro atoms. The zero-order valence-corrected chi connectivity index (χ0v) is 10.3. The first-order valence-electron chi connectivity index (χ1n) is 6.08. The van der Waals surface area contributed by atoms with Gasteiger partial charge in [-0.1, -0.05) is 29.8 Å². The van der Waals surface area contributed by atoms with E-state index in [1.807, 2.05) is 43.3 Å². The van der Waals surface area contributed by atoms with Gasteiger partial charge < -0.3 is 9.84 Å². The van der Waals surface area contributed by atoms with E-state index in [9.17, 15) is 5.11 Å². The fraction of sp³-hybridized carbons (Fsp3) is 0.267. The first-order chi connectivity index (χ1) is 8.70. The van der Waals surface area contributed by atoms with E-state index in [0.717, 1.165) is 5.56 Å². The summed E-state index contributed by atoms with van der Waals surface area (Å²) in [4.78, 5) is 4.30. The predicted octanol–water partition coefficient (Wildman–Crippen LogP) is 2.41. The molecule has 18 heavy (non-hydrogen) atoms. The van der Waals surface area contributed by atoms with Crippen molar-refractivity contribution in [3.8, 4) is 5.75 Å². The van der Waals surface area contributed by atoms with Crippen LogP contribution in [-0.4, -0.2) is 16.7 Å². The van der Waals surface area contributed by atoms with E-state index in [1.54, 1.807) is 6.20 Å². The van der Waals surface area contributed by atoms with E-state index in [1.165, 1.54) is 5.56 Å². The molecule has 2 heterocycles. The zero-order chi connectivity index (χ0) is 12.6. The number of nitrogens with zero attached hydrogens (tertiary/aromatic N) is 1. The zero-order valence-electron chi connectivity index (χ0n) is 10.3. The number of pyridine rings is 1. The number of aryl methyl sites for hydroxylation is 1. The van der Waals surface area contributed by atoms with Crippen molar-refractivity contribution in [1.82, 2.24) is 4.98 Å². The average molecular weight is 241 g/mol. The maximum Gasteiger partial charge on any atom is 0.144 e. The number of hydrogen-bond acceptors (Lipinski definition) is 3. The number of aliphatic hydroxyl groups is 1. The monoisotopic (exact) mass is 241 g/mol. The molecule has 0 aliphatic carbocycles. The van der Waals surface area contributed by atoms with Crippen molar-refractivity contribution in [3.63, 3.8) is 0 Å². The molecule has 2 aromatic rings. The molecule has 0 saturated carbocycles. The standard InChI is InChI=1S/C15H15NO2/c1-11-4-6-12(7-5-11)15(17)8-10-18-13-3-2-9-16-14(13)15/h2-7,9,17H,8,10H2,1H3. The van der Waals surface area contributed by atoms with Gasteiger partial charge in [-0.15, -0.1) is 0 Å². The number of rotatable bonds is 1. The van der Waals surface area contributed by atoms with Gasteiger partial charge in [-0.3, -0.25) is 4.98 Å². The summed E-state index contributed by atoms with van der Waals surface area (Å²) in [7, 11) is 0. The Morgan fingerprint density at radius 1 is 1.22 bits per heavy atom. The quantitative estimate of drug-likeness (QED) is 0.833. The third-order valence-electron chi connectivity index (χ3n) is 3.41. The molecule has 0 saturated heterocycles. The first kappa shape index (κ1) is 11.2. The van der Waals surface area contributed by atoms with Gasteiger partial charge in [-0.2, -0.15) is 0 Å². The van der Waals surface area contributed by atoms with Crippen LogP contribution in [0.1, 0.15) is 23.2 Å². The Bertz CT molecular complexity index is 565. The molecule has 92 valence electrons. The van der Waals surface area contributed by atoms with Crippen LogP contribution in [0.25, 0.3) is 0 Å². The number of benzene rings is 1. The second kappa shape index (κ2) is 4.10. The van der Waals surface area contributed by atoms with E-state index in [4.69, 9.17) is 4.74 Å². The number of fused-ring (bicyclic) bond motifs is 1. The minimum atomic E-state index is -1.04. The van der Waals surface area contributed by atoms with Crippen LogP contribution in [0.3, 0.4) is 0 Å². The maximum atomic E-state index is 10.9. The van der Waals surface area contributed by atoms with Gasteiger partial charge in [0.15, 0.2) is 0 Å². The van der Waals surface area contributed by atoms with Gasteiger partial charge in [0.1, 0.15) is 17.0 Å². The molecule has 1 N–H and O–H groups in total. The molecule has 0 bridgehead atoms. The first-order valence-corrected chi connectivity index (χ1v) is 6.08. The van der Waals surface area contributed by atoms with Crippen LogP contribution in [0.15, 0.2) is 42.6 Å². The Morgan fingerprint density at radius 3 is 2.78 bits per heavy atom. The predicted molar refractivity (Wildman–Crippen MR) is 68.5 cm³/mol. The Kier molecular flexibility index (Phi) is 2.56. The Balaban J connectivity index is 2.13. The van der Waals surface area contributed by atoms with Crippen LogP contribution >= 0.6 is 0 Å². The van der Waals surface area contributed by atoms with Crippen LogP contribution in [-0.2, 0) is 5.60 Å². The van der Waals surface area contributed by atoms with Crippen LogP contribution in [0, 0.1) is 6.92 Å². The van der Waals surface area contributed by atoms with Gasteiger partial charge in [0.05, 0.1) is 6.61 Å². The lowest BCUT2D eigenvalue weighted by atomic mass is 9.85. The van der Waals surface area contributed by atoms with Crippen LogP contribution in [0.4, 0.5) is 0 Å². The summed E-state index contributed by atoms with van der Waals surface area (Å²) in [6.45, 7) is 2.53. The third kappa shape index (κ3) is 1.68. The number of hydrogen-bond donors (Lipinski definition) is 1. The minimum absolute atomic E-state index is 0.503. The topological polar surface area (TPSA) is 42.4 Å². The van der Waals surface area contributed by atoms with Crippen molar-refractivity contribution in [3.05, 3.63) is 59.4 Å². The fourth-order valence-electron chi connectivity index (χ4n) is 2.36. The maximum absolute atomic E-state index is 10.9. The van der Waals surface area contributed by atoms with E-state index in [2.05, 4.69) is 4.98 Å². The van der Waals surface area contributed by atoms with Gasteiger partial charge in [-0.05, 0) is 24.6 Å². The molecule has 0 fully saturated rings. The molecule has 0 radical (unpaired) electrons. The van der Waals surface area contributed by atoms with Gasteiger partial charge in [0.25, 0.3) is 0 Å². The SMILES string of the molecule is Cc1ccc(C2(O)CCOc3cccnc32)cc1. The van der Waals surface area contributed by atoms with Crippen molar-refractivity contribution >= 4 is 0 Å². The Hall–Kier alpha value is -1.87. The molecule has 1 aromatic heterocycles. The highest BCUT2D eigenvalue weighted by atomic mass is 16.5. The lowest BCUT2D eigenvalue weighted by molar-refractivity contribution is 0.0301. The van der Waals surface area contributed by atoms with E-state index in [0.29, 0.717) is 24.5 Å². The van der Waals surface area contributed by atoms with Gasteiger partial charge in [0.2, 0.25) is 0 Å². The number of ether oxygens (including phenoxy) is 1. The normalized spacial score (nSPS) is 22.1. The third-order valence-corrected chi connectivity index (χ3v) is 3.41. The summed E-state index contributed by atoms with van der Waals surface area (Å²) >= 11 is 0. The van der Waals surface area contributed by atoms with E-state index >= 15 is 0 Å². The van der Waals surface area contributed by atoms with Crippen molar-refractivity contribution < 1.29 is 9.84 Å². The highest BCUT2D eigenvalue weighted by Gasteiger charge is 2.38. The Morgan fingerprint density at radius 2 is 2.00 bits per heavy atom. The largest absolute Gasteiger partial charge is 0.491 e. The van der Waals surface area contributed by atoms with Crippen molar-refractivity contribution in [2.45, 2.75) is 18.9 Å².